The summed E-state index contributed by atoms with van der Waals surface area (Å²) in [5.41, 5.74) is 6.33. The number of benzene rings is 2. The fraction of sp³-hybridized carbons (Fsp3) is 0.318. The quantitative estimate of drug-likeness (QED) is 0.516. The van der Waals surface area contributed by atoms with Crippen molar-refractivity contribution in [2.24, 2.45) is 0 Å². The molecule has 0 unspecified atom stereocenters. The predicted molar refractivity (Wildman–Crippen MR) is 127 cm³/mol. The van der Waals surface area contributed by atoms with Crippen LogP contribution in [0, 0.1) is 0 Å². The second-order valence-electron chi connectivity index (χ2n) is 8.08. The van der Waals surface area contributed by atoms with E-state index in [1.807, 2.05) is 6.07 Å². The number of nitrogens with one attached hydrogen (secondary N) is 1. The van der Waals surface area contributed by atoms with Crippen LogP contribution in [0.4, 0.5) is 0 Å². The molecule has 2 aliphatic rings. The highest BCUT2D eigenvalue weighted by atomic mass is 35.5. The molecule has 1 saturated heterocycles. The third-order valence-corrected chi connectivity index (χ3v) is 8.37. The summed E-state index contributed by atoms with van der Waals surface area (Å²) >= 11 is 18.8. The van der Waals surface area contributed by atoms with Crippen LogP contribution in [0.3, 0.4) is 0 Å². The molecule has 2 aromatic carbocycles. The summed E-state index contributed by atoms with van der Waals surface area (Å²) in [6.07, 6.45) is 3.45. The Kier molecular flexibility index (Phi) is 5.99. The number of hydrogen-bond acceptors (Lipinski definition) is 5. The fourth-order valence-corrected chi connectivity index (χ4v) is 6.82. The van der Waals surface area contributed by atoms with E-state index in [2.05, 4.69) is 10.4 Å². The van der Waals surface area contributed by atoms with Gasteiger partial charge in [-0.25, -0.2) is 23.5 Å². The highest BCUT2D eigenvalue weighted by Gasteiger charge is 2.36. The van der Waals surface area contributed by atoms with Crippen molar-refractivity contribution >= 4 is 44.6 Å². The van der Waals surface area contributed by atoms with Crippen LogP contribution in [0.25, 0.3) is 16.9 Å². The summed E-state index contributed by atoms with van der Waals surface area (Å²) in [4.78, 5) is 0.239. The Labute approximate surface area is 202 Å². The average Bonchev–Trinajstić information content (AvgIpc) is 3.13. The molecule has 6 nitrogen and oxygen atoms in total. The fourth-order valence-electron chi connectivity index (χ4n) is 4.38. The van der Waals surface area contributed by atoms with Gasteiger partial charge < -0.3 is 0 Å². The van der Waals surface area contributed by atoms with Crippen molar-refractivity contribution in [3.05, 3.63) is 62.7 Å². The van der Waals surface area contributed by atoms with Crippen molar-refractivity contribution in [1.82, 2.24) is 20.2 Å². The molecule has 0 bridgehead atoms. The lowest BCUT2D eigenvalue weighted by Gasteiger charge is -2.27. The van der Waals surface area contributed by atoms with E-state index in [9.17, 15) is 8.42 Å². The van der Waals surface area contributed by atoms with E-state index in [0.29, 0.717) is 44.3 Å². The van der Waals surface area contributed by atoms with Gasteiger partial charge in [0, 0.05) is 28.7 Å². The maximum Gasteiger partial charge on any atom is 0.186 e. The van der Waals surface area contributed by atoms with Crippen LogP contribution >= 0.6 is 34.8 Å². The Morgan fingerprint density at radius 2 is 1.69 bits per heavy atom. The van der Waals surface area contributed by atoms with Gasteiger partial charge in [0.1, 0.15) is 4.90 Å². The smallest absolute Gasteiger partial charge is 0.186 e. The molecule has 5 rings (SSSR count). The molecule has 1 fully saturated rings. The highest BCUT2D eigenvalue weighted by Crippen LogP contribution is 2.42. The number of fused-ring (bicyclic) bond motifs is 3. The van der Waals surface area contributed by atoms with Crippen LogP contribution in [0.15, 0.2) is 41.3 Å². The summed E-state index contributed by atoms with van der Waals surface area (Å²) in [6.45, 7) is 2.17. The average molecular weight is 512 g/mol. The second kappa shape index (κ2) is 8.63. The van der Waals surface area contributed by atoms with Crippen molar-refractivity contribution in [2.75, 3.05) is 13.1 Å². The molecule has 1 N–H and O–H groups in total. The third kappa shape index (κ3) is 4.06. The standard InChI is InChI=1S/C22H21Cl3N4O2S/c23-15-4-6-17-14(10-15)13-32(30,31)22-19(12-26-28-8-2-1-3-9-28)27-29(21(17)22)20-7-5-16(24)11-18(20)25/h4-7,10-11,26H,1-3,8-9,12-13H2. The van der Waals surface area contributed by atoms with Crippen molar-refractivity contribution in [2.45, 2.75) is 36.5 Å². The van der Waals surface area contributed by atoms with Gasteiger partial charge in [0.05, 0.1) is 34.4 Å². The van der Waals surface area contributed by atoms with Crippen molar-refractivity contribution in [3.63, 3.8) is 0 Å². The van der Waals surface area contributed by atoms with Crippen LogP contribution in [0.2, 0.25) is 15.1 Å². The molecule has 0 aliphatic carbocycles. The lowest BCUT2D eigenvalue weighted by atomic mass is 10.0. The van der Waals surface area contributed by atoms with Gasteiger partial charge in [0.15, 0.2) is 9.84 Å². The molecule has 3 aromatic rings. The maximum atomic E-state index is 13.4. The number of nitrogens with zero attached hydrogens (tertiary/aromatic N) is 3. The van der Waals surface area contributed by atoms with Crippen molar-refractivity contribution in [1.29, 1.82) is 0 Å². The molecule has 3 heterocycles. The second-order valence-corrected chi connectivity index (χ2v) is 11.3. The van der Waals surface area contributed by atoms with Crippen molar-refractivity contribution < 1.29 is 8.42 Å². The lowest BCUT2D eigenvalue weighted by Crippen LogP contribution is -2.41. The Bertz CT molecular complexity index is 1300. The molecule has 168 valence electrons. The molecule has 10 heteroatoms. The Morgan fingerprint density at radius 3 is 2.44 bits per heavy atom. The normalized spacial score (nSPS) is 17.7. The van der Waals surface area contributed by atoms with E-state index in [-0.39, 0.29) is 10.6 Å². The van der Waals surface area contributed by atoms with E-state index >= 15 is 0 Å². The minimum Gasteiger partial charge on any atom is -0.249 e. The molecule has 0 atom stereocenters. The maximum absolute atomic E-state index is 13.4. The van der Waals surface area contributed by atoms with E-state index in [4.69, 9.17) is 39.9 Å². The van der Waals surface area contributed by atoms with Gasteiger partial charge in [-0.15, -0.1) is 0 Å². The summed E-state index contributed by atoms with van der Waals surface area (Å²) < 4.78 is 28.4. The molecular formula is C22H21Cl3N4O2S. The van der Waals surface area contributed by atoms with Gasteiger partial charge in [0.2, 0.25) is 0 Å². The number of hydrazine groups is 1. The topological polar surface area (TPSA) is 67.2 Å². The zero-order valence-corrected chi connectivity index (χ0v) is 20.2. The van der Waals surface area contributed by atoms with Crippen LogP contribution in [-0.2, 0) is 22.1 Å². The number of hydrogen-bond donors (Lipinski definition) is 1. The first kappa shape index (κ1) is 22.2. The van der Waals surface area contributed by atoms with Gasteiger partial charge in [0.25, 0.3) is 0 Å². The van der Waals surface area contributed by atoms with Gasteiger partial charge in [-0.2, -0.15) is 5.10 Å². The zero-order valence-electron chi connectivity index (χ0n) is 17.1. The molecule has 0 spiro atoms. The molecular weight excluding hydrogens is 491 g/mol. The highest BCUT2D eigenvalue weighted by molar-refractivity contribution is 7.91. The number of sulfone groups is 1. The SMILES string of the molecule is O=S1(=O)Cc2cc(Cl)ccc2-c2c1c(CNN1CCCCC1)nn2-c1ccc(Cl)cc1Cl. The first-order valence-corrected chi connectivity index (χ1v) is 13.2. The Hall–Kier alpha value is -1.61. The third-order valence-electron chi connectivity index (χ3n) is 5.85. The molecule has 0 radical (unpaired) electrons. The molecule has 0 saturated carbocycles. The predicted octanol–water partition coefficient (Wildman–Crippen LogP) is 5.28. The molecule has 0 amide bonds. The summed E-state index contributed by atoms with van der Waals surface area (Å²) in [5, 5.41) is 8.24. The lowest BCUT2D eigenvalue weighted by molar-refractivity contribution is 0.150. The Morgan fingerprint density at radius 1 is 0.969 bits per heavy atom. The summed E-state index contributed by atoms with van der Waals surface area (Å²) in [5.74, 6) is -0.118. The molecule has 32 heavy (non-hydrogen) atoms. The van der Waals surface area contributed by atoms with Gasteiger partial charge in [-0.05, 0) is 48.7 Å². The van der Waals surface area contributed by atoms with Gasteiger partial charge >= 0.3 is 0 Å². The number of aromatic nitrogens is 2. The molecule has 1 aromatic heterocycles. The first-order valence-electron chi connectivity index (χ1n) is 10.4. The van der Waals surface area contributed by atoms with Gasteiger partial charge in [-0.3, -0.25) is 0 Å². The molecule has 2 aliphatic heterocycles. The van der Waals surface area contributed by atoms with Crippen LogP contribution in [0.1, 0.15) is 30.5 Å². The van der Waals surface area contributed by atoms with Crippen LogP contribution < -0.4 is 5.43 Å². The van der Waals surface area contributed by atoms with Gasteiger partial charge in [-0.1, -0.05) is 47.3 Å². The monoisotopic (exact) mass is 510 g/mol. The number of halogens is 3. The van der Waals surface area contributed by atoms with E-state index < -0.39 is 9.84 Å². The summed E-state index contributed by atoms with van der Waals surface area (Å²) in [7, 11) is -3.63. The van der Waals surface area contributed by atoms with E-state index in [1.54, 1.807) is 35.0 Å². The summed E-state index contributed by atoms with van der Waals surface area (Å²) in [6, 6.07) is 10.4. The Balaban J connectivity index is 1.69. The van der Waals surface area contributed by atoms with Crippen LogP contribution in [0.5, 0.6) is 0 Å². The number of rotatable bonds is 4. The zero-order chi connectivity index (χ0) is 22.5. The first-order chi connectivity index (χ1) is 15.3. The van der Waals surface area contributed by atoms with Crippen LogP contribution in [-0.4, -0.2) is 36.3 Å². The minimum atomic E-state index is -3.63. The minimum absolute atomic E-state index is 0.118. The van der Waals surface area contributed by atoms with E-state index in [0.717, 1.165) is 31.5 Å². The largest absolute Gasteiger partial charge is 0.249 e. The van der Waals surface area contributed by atoms with E-state index in [1.165, 1.54) is 6.42 Å². The number of piperidine rings is 1. The van der Waals surface area contributed by atoms with Crippen molar-refractivity contribution in [3.8, 4) is 16.9 Å².